The number of aliphatic hydroxyl groups excluding tert-OH is 1. The van der Waals surface area contributed by atoms with Gasteiger partial charge in [-0.05, 0) is 55.7 Å². The Morgan fingerprint density at radius 1 is 1.35 bits per heavy atom. The Balaban J connectivity index is 1.61. The smallest absolute Gasteiger partial charge is 0.251 e. The van der Waals surface area contributed by atoms with Crippen LogP contribution in [0.3, 0.4) is 0 Å². The number of carbonyl (C=O) groups is 2. The van der Waals surface area contributed by atoms with Crippen LogP contribution in [0.5, 0.6) is 0 Å². The van der Waals surface area contributed by atoms with Crippen molar-refractivity contribution in [2.75, 3.05) is 11.9 Å². The number of rotatable bonds is 7. The molecular weight excluding hydrogens is 292 g/mol. The van der Waals surface area contributed by atoms with Gasteiger partial charge in [-0.25, -0.2) is 0 Å². The van der Waals surface area contributed by atoms with Crippen LogP contribution in [0.4, 0.5) is 5.69 Å². The number of carbonyl (C=O) groups excluding carboxylic acids is 2. The Kier molecular flexibility index (Phi) is 4.66. The van der Waals surface area contributed by atoms with E-state index in [4.69, 9.17) is 5.11 Å². The molecule has 0 aromatic heterocycles. The average molecular weight is 316 g/mol. The van der Waals surface area contributed by atoms with Gasteiger partial charge in [-0.1, -0.05) is 13.0 Å². The van der Waals surface area contributed by atoms with Gasteiger partial charge in [0, 0.05) is 29.8 Å². The van der Waals surface area contributed by atoms with Crippen molar-refractivity contribution in [2.24, 2.45) is 17.8 Å². The highest BCUT2D eigenvalue weighted by Gasteiger charge is 2.39. The summed E-state index contributed by atoms with van der Waals surface area (Å²) in [6.07, 6.45) is 3.75. The van der Waals surface area contributed by atoms with E-state index in [1.54, 1.807) is 24.3 Å². The Labute approximate surface area is 136 Å². The van der Waals surface area contributed by atoms with E-state index in [9.17, 15) is 9.59 Å². The summed E-state index contributed by atoms with van der Waals surface area (Å²) in [6, 6.07) is 7.07. The third-order valence-corrected chi connectivity index (χ3v) is 4.79. The molecule has 5 heteroatoms. The first kappa shape index (κ1) is 16.0. The molecule has 2 saturated carbocycles. The molecule has 3 rings (SSSR count). The van der Waals surface area contributed by atoms with Crippen molar-refractivity contribution in [3.05, 3.63) is 29.8 Å². The lowest BCUT2D eigenvalue weighted by molar-refractivity contribution is -0.117. The van der Waals surface area contributed by atoms with Gasteiger partial charge in [0.2, 0.25) is 5.91 Å². The highest BCUT2D eigenvalue weighted by molar-refractivity contribution is 5.98. The molecule has 0 heterocycles. The quantitative estimate of drug-likeness (QED) is 0.721. The fourth-order valence-corrected chi connectivity index (χ4v) is 2.98. The number of benzene rings is 1. The van der Waals surface area contributed by atoms with Gasteiger partial charge in [-0.3, -0.25) is 9.59 Å². The molecule has 1 aromatic carbocycles. The van der Waals surface area contributed by atoms with Crippen LogP contribution in [0.15, 0.2) is 24.3 Å². The second-order valence-electron chi connectivity index (χ2n) is 6.82. The molecule has 23 heavy (non-hydrogen) atoms. The van der Waals surface area contributed by atoms with Crippen LogP contribution >= 0.6 is 0 Å². The second kappa shape index (κ2) is 6.71. The molecule has 1 aromatic rings. The van der Waals surface area contributed by atoms with Crippen LogP contribution in [-0.2, 0) is 4.79 Å². The number of amides is 2. The molecule has 2 aliphatic carbocycles. The van der Waals surface area contributed by atoms with E-state index in [-0.39, 0.29) is 30.4 Å². The number of nitrogens with one attached hydrogen (secondary N) is 2. The van der Waals surface area contributed by atoms with Gasteiger partial charge in [0.05, 0.1) is 0 Å². The summed E-state index contributed by atoms with van der Waals surface area (Å²) in [4.78, 5) is 24.4. The van der Waals surface area contributed by atoms with Gasteiger partial charge in [0.15, 0.2) is 0 Å². The van der Waals surface area contributed by atoms with E-state index < -0.39 is 0 Å². The summed E-state index contributed by atoms with van der Waals surface area (Å²) >= 11 is 0. The normalized spacial score (nSPS) is 23.9. The van der Waals surface area contributed by atoms with Crippen molar-refractivity contribution in [1.82, 2.24) is 5.32 Å². The van der Waals surface area contributed by atoms with Gasteiger partial charge < -0.3 is 15.7 Å². The maximum absolute atomic E-state index is 12.4. The van der Waals surface area contributed by atoms with E-state index in [1.165, 1.54) is 0 Å². The van der Waals surface area contributed by atoms with Gasteiger partial charge in [0.25, 0.3) is 5.91 Å². The number of hydrogen-bond donors (Lipinski definition) is 3. The molecule has 0 bridgehead atoms. The zero-order chi connectivity index (χ0) is 16.4. The number of hydrogen-bond acceptors (Lipinski definition) is 3. The minimum absolute atomic E-state index is 0.0335. The molecule has 3 N–H and O–H groups in total. The lowest BCUT2D eigenvalue weighted by atomic mass is 10.1. The van der Waals surface area contributed by atoms with Crippen LogP contribution in [0, 0.1) is 17.8 Å². The van der Waals surface area contributed by atoms with Crippen LogP contribution in [0.1, 0.15) is 43.0 Å². The minimum Gasteiger partial charge on any atom is -0.396 e. The molecule has 5 nitrogen and oxygen atoms in total. The van der Waals surface area contributed by atoms with Crippen LogP contribution in [0.2, 0.25) is 0 Å². The Morgan fingerprint density at radius 3 is 2.70 bits per heavy atom. The Bertz CT molecular complexity index is 598. The zero-order valence-electron chi connectivity index (χ0n) is 13.4. The third-order valence-electron chi connectivity index (χ3n) is 4.79. The van der Waals surface area contributed by atoms with Gasteiger partial charge in [-0.15, -0.1) is 0 Å². The first-order valence-electron chi connectivity index (χ1n) is 8.41. The van der Waals surface area contributed by atoms with Crippen molar-refractivity contribution >= 4 is 17.5 Å². The van der Waals surface area contributed by atoms with Crippen molar-refractivity contribution in [2.45, 2.75) is 38.6 Å². The minimum atomic E-state index is -0.147. The number of aliphatic hydroxyl groups is 1. The monoisotopic (exact) mass is 316 g/mol. The largest absolute Gasteiger partial charge is 0.396 e. The molecule has 3 atom stereocenters. The van der Waals surface area contributed by atoms with Crippen LogP contribution in [-0.4, -0.2) is 29.6 Å². The number of anilines is 1. The third kappa shape index (κ3) is 4.10. The highest BCUT2D eigenvalue weighted by atomic mass is 16.3. The molecule has 0 aliphatic heterocycles. The molecule has 2 aliphatic rings. The Hall–Kier alpha value is -1.88. The van der Waals surface area contributed by atoms with Gasteiger partial charge in [-0.2, -0.15) is 0 Å². The molecule has 0 saturated heterocycles. The molecular formula is C18H24N2O3. The summed E-state index contributed by atoms with van der Waals surface area (Å²) in [5.41, 5.74) is 1.20. The lowest BCUT2D eigenvalue weighted by Crippen LogP contribution is -2.37. The van der Waals surface area contributed by atoms with Crippen molar-refractivity contribution in [3.8, 4) is 0 Å². The van der Waals surface area contributed by atoms with Gasteiger partial charge in [0.1, 0.15) is 0 Å². The maximum Gasteiger partial charge on any atom is 0.251 e. The molecule has 3 unspecified atom stereocenters. The van der Waals surface area contributed by atoms with E-state index in [1.807, 2.05) is 0 Å². The average Bonchev–Trinajstić information content (AvgIpc) is 3.42. The van der Waals surface area contributed by atoms with E-state index >= 15 is 0 Å². The molecule has 124 valence electrons. The summed E-state index contributed by atoms with van der Waals surface area (Å²) in [6.45, 7) is 2.14. The lowest BCUT2D eigenvalue weighted by Gasteiger charge is -2.17. The first-order chi connectivity index (χ1) is 11.1. The van der Waals surface area contributed by atoms with E-state index in [0.29, 0.717) is 29.5 Å². The maximum atomic E-state index is 12.4. The van der Waals surface area contributed by atoms with E-state index in [0.717, 1.165) is 19.3 Å². The molecule has 2 amide bonds. The van der Waals surface area contributed by atoms with Crippen LogP contribution < -0.4 is 10.6 Å². The highest BCUT2D eigenvalue weighted by Crippen LogP contribution is 2.38. The Morgan fingerprint density at radius 2 is 2.09 bits per heavy atom. The van der Waals surface area contributed by atoms with Crippen molar-refractivity contribution < 1.29 is 14.7 Å². The first-order valence-corrected chi connectivity index (χ1v) is 8.41. The summed E-state index contributed by atoms with van der Waals surface area (Å²) < 4.78 is 0. The fraction of sp³-hybridized carbons (Fsp3) is 0.556. The topological polar surface area (TPSA) is 78.4 Å². The van der Waals surface area contributed by atoms with Crippen LogP contribution in [0.25, 0.3) is 0 Å². The van der Waals surface area contributed by atoms with Crippen molar-refractivity contribution in [1.29, 1.82) is 0 Å². The predicted octanol–water partition coefficient (Wildman–Crippen LogP) is 2.17. The summed E-state index contributed by atoms with van der Waals surface area (Å²) in [5, 5.41) is 15.0. The summed E-state index contributed by atoms with van der Waals surface area (Å²) in [5.74, 6) is 0.943. The fourth-order valence-electron chi connectivity index (χ4n) is 2.98. The second-order valence-corrected chi connectivity index (χ2v) is 6.82. The standard InChI is InChI=1S/C18H24N2O3/c1-11-9-15(11)18(23)19-14-4-2-3-13(10-14)17(22)20-16(7-8-21)12-5-6-12/h2-4,10-12,15-16,21H,5-9H2,1H3,(H,19,23)(H,20,22). The molecule has 0 spiro atoms. The van der Waals surface area contributed by atoms with E-state index in [2.05, 4.69) is 17.6 Å². The molecule has 2 fully saturated rings. The summed E-state index contributed by atoms with van der Waals surface area (Å²) in [7, 11) is 0. The van der Waals surface area contributed by atoms with Gasteiger partial charge >= 0.3 is 0 Å². The zero-order valence-corrected chi connectivity index (χ0v) is 13.4. The molecule has 0 radical (unpaired) electrons. The predicted molar refractivity (Wildman–Crippen MR) is 88.0 cm³/mol. The van der Waals surface area contributed by atoms with Crippen molar-refractivity contribution in [3.63, 3.8) is 0 Å². The SMILES string of the molecule is CC1CC1C(=O)Nc1cccc(C(=O)NC(CCO)C2CC2)c1.